The van der Waals surface area contributed by atoms with Crippen LogP contribution in [0.5, 0.6) is 23.0 Å². The number of nitrogens with zero attached hydrogens (tertiary/aromatic N) is 4. The van der Waals surface area contributed by atoms with Crippen LogP contribution in [0.4, 0.5) is 0 Å². The van der Waals surface area contributed by atoms with E-state index in [1.165, 1.54) is 0 Å². The number of hydrogen-bond acceptors (Lipinski definition) is 6. The summed E-state index contributed by atoms with van der Waals surface area (Å²) in [6.45, 7) is 7.67. The van der Waals surface area contributed by atoms with Crippen molar-refractivity contribution < 1.29 is 22.1 Å². The number of hydrogen-bond donors (Lipinski definition) is 0. The van der Waals surface area contributed by atoms with Gasteiger partial charge in [-0.05, 0) is 76.2 Å². The van der Waals surface area contributed by atoms with Crippen molar-refractivity contribution in [3.05, 3.63) is 96.1 Å². The van der Waals surface area contributed by atoms with Crippen LogP contribution in [-0.2, 0) is 12.7 Å². The Labute approximate surface area is 208 Å². The quantitative estimate of drug-likeness (QED) is 0.261. The Morgan fingerprint density at radius 2 is 0.727 bits per heavy atom. The van der Waals surface area contributed by atoms with E-state index in [0.717, 1.165) is 45.8 Å². The molecule has 0 aliphatic carbocycles. The SMILES string of the molecule is Cc1ncccc1Oc1cccnc1C.Cc1ncccc1Oc1cccnc1C.[Cl][Ni][Cl]. The first-order chi connectivity index (χ1) is 16.0. The molecule has 9 heteroatoms. The summed E-state index contributed by atoms with van der Waals surface area (Å²) in [5.74, 6) is 3.09. The maximum atomic E-state index is 5.71. The third-order valence-electron chi connectivity index (χ3n) is 4.27. The zero-order chi connectivity index (χ0) is 24.1. The molecule has 0 amide bonds. The molecule has 4 heterocycles. The van der Waals surface area contributed by atoms with Gasteiger partial charge in [0.05, 0.1) is 22.8 Å². The fourth-order valence-electron chi connectivity index (χ4n) is 2.55. The minimum atomic E-state index is 0.569. The van der Waals surface area contributed by atoms with Crippen LogP contribution in [0.15, 0.2) is 73.3 Å². The summed E-state index contributed by atoms with van der Waals surface area (Å²) >= 11 is 0.569. The average molecular weight is 530 g/mol. The minimum absolute atomic E-state index is 0.569. The summed E-state index contributed by atoms with van der Waals surface area (Å²) in [6, 6.07) is 15.0. The van der Waals surface area contributed by atoms with E-state index < -0.39 is 0 Å². The second kappa shape index (κ2) is 14.4. The van der Waals surface area contributed by atoms with Crippen LogP contribution < -0.4 is 9.47 Å². The molecule has 6 nitrogen and oxygen atoms in total. The Morgan fingerprint density at radius 3 is 0.909 bits per heavy atom. The number of aromatic nitrogens is 4. The summed E-state index contributed by atoms with van der Waals surface area (Å²) < 4.78 is 11.4. The Hall–Kier alpha value is -2.73. The molecule has 0 saturated heterocycles. The van der Waals surface area contributed by atoms with Crippen molar-refractivity contribution in [3.8, 4) is 23.0 Å². The van der Waals surface area contributed by atoms with Crippen molar-refractivity contribution >= 4 is 20.4 Å². The monoisotopic (exact) mass is 528 g/mol. The van der Waals surface area contributed by atoms with Crippen LogP contribution >= 0.6 is 20.4 Å². The molecule has 0 N–H and O–H groups in total. The Kier molecular flexibility index (Phi) is 11.6. The van der Waals surface area contributed by atoms with E-state index in [4.69, 9.17) is 29.9 Å². The van der Waals surface area contributed by atoms with Gasteiger partial charge in [-0.3, -0.25) is 19.9 Å². The molecule has 176 valence electrons. The van der Waals surface area contributed by atoms with Crippen LogP contribution in [0.2, 0.25) is 0 Å². The van der Waals surface area contributed by atoms with Gasteiger partial charge in [-0.25, -0.2) is 0 Å². The first-order valence-corrected chi connectivity index (χ1v) is 12.5. The van der Waals surface area contributed by atoms with Gasteiger partial charge in [0.25, 0.3) is 0 Å². The summed E-state index contributed by atoms with van der Waals surface area (Å²) in [7, 11) is 9.40. The molecule has 0 bridgehead atoms. The van der Waals surface area contributed by atoms with Crippen molar-refractivity contribution in [2.75, 3.05) is 0 Å². The fourth-order valence-corrected chi connectivity index (χ4v) is 2.55. The predicted octanol–water partition coefficient (Wildman–Crippen LogP) is 7.15. The van der Waals surface area contributed by atoms with Gasteiger partial charge in [-0.2, -0.15) is 0 Å². The molecule has 4 rings (SSSR count). The van der Waals surface area contributed by atoms with Gasteiger partial charge in [-0.15, -0.1) is 0 Å². The summed E-state index contributed by atoms with van der Waals surface area (Å²) in [5.41, 5.74) is 3.50. The van der Waals surface area contributed by atoms with E-state index in [9.17, 15) is 0 Å². The van der Waals surface area contributed by atoms with Gasteiger partial charge in [0.1, 0.15) is 23.0 Å². The van der Waals surface area contributed by atoms with Gasteiger partial charge in [0, 0.05) is 24.8 Å². The van der Waals surface area contributed by atoms with Gasteiger partial charge >= 0.3 is 33.0 Å². The number of pyridine rings is 4. The van der Waals surface area contributed by atoms with E-state index >= 15 is 0 Å². The number of aryl methyl sites for hydroxylation is 4. The van der Waals surface area contributed by atoms with Gasteiger partial charge < -0.3 is 9.47 Å². The molecule has 0 aliphatic rings. The van der Waals surface area contributed by atoms with Gasteiger partial charge in [0.15, 0.2) is 0 Å². The zero-order valence-corrected chi connectivity index (χ0v) is 21.1. The number of halogens is 2. The van der Waals surface area contributed by atoms with Gasteiger partial charge in [-0.1, -0.05) is 0 Å². The van der Waals surface area contributed by atoms with Crippen LogP contribution in [0.3, 0.4) is 0 Å². The molecule has 0 fully saturated rings. The molecule has 0 spiro atoms. The molecular weight excluding hydrogens is 506 g/mol. The molecule has 0 saturated carbocycles. The van der Waals surface area contributed by atoms with Crippen LogP contribution in [0, 0.1) is 27.7 Å². The van der Waals surface area contributed by atoms with Crippen molar-refractivity contribution in [1.29, 1.82) is 0 Å². The van der Waals surface area contributed by atoms with E-state index in [1.807, 2.05) is 76.2 Å². The van der Waals surface area contributed by atoms with Crippen molar-refractivity contribution in [2.24, 2.45) is 0 Å². The molecule has 0 aliphatic heterocycles. The van der Waals surface area contributed by atoms with Gasteiger partial charge in [0.2, 0.25) is 0 Å². The van der Waals surface area contributed by atoms with Crippen molar-refractivity contribution in [2.45, 2.75) is 27.7 Å². The van der Waals surface area contributed by atoms with E-state index in [1.54, 1.807) is 24.8 Å². The molecule has 33 heavy (non-hydrogen) atoms. The van der Waals surface area contributed by atoms with Crippen molar-refractivity contribution in [1.82, 2.24) is 19.9 Å². The molecule has 4 aromatic rings. The second-order valence-electron chi connectivity index (χ2n) is 6.60. The molecule has 0 unspecified atom stereocenters. The van der Waals surface area contributed by atoms with E-state index in [-0.39, 0.29) is 0 Å². The summed E-state index contributed by atoms with van der Waals surface area (Å²) in [6.07, 6.45) is 6.99. The van der Waals surface area contributed by atoms with Crippen LogP contribution in [0.1, 0.15) is 22.8 Å². The molecule has 0 radical (unpaired) electrons. The summed E-state index contributed by atoms with van der Waals surface area (Å²) in [5, 5.41) is 0. The van der Waals surface area contributed by atoms with Crippen LogP contribution in [-0.4, -0.2) is 19.9 Å². The van der Waals surface area contributed by atoms with Crippen LogP contribution in [0.25, 0.3) is 0 Å². The number of ether oxygens (including phenoxy) is 2. The standard InChI is InChI=1S/2C12H12N2O.2ClH.Ni/c2*1-9-11(5-3-7-13-9)15-12-6-4-8-14-10(12)2;;;/h2*3-8H,1-2H3;2*1H;/q;;;;+2/p-2. The molecule has 0 aromatic carbocycles. The Balaban J connectivity index is 0.000000209. The third kappa shape index (κ3) is 8.97. The Bertz CT molecular complexity index is 972. The normalized spacial score (nSPS) is 9.76. The second-order valence-corrected chi connectivity index (χ2v) is 8.23. The molecular formula is C24H24Cl2N4NiO2. The van der Waals surface area contributed by atoms with Crippen molar-refractivity contribution in [3.63, 3.8) is 0 Å². The first kappa shape index (κ1) is 26.5. The summed E-state index contributed by atoms with van der Waals surface area (Å²) in [4.78, 5) is 16.6. The van der Waals surface area contributed by atoms with E-state index in [0.29, 0.717) is 12.7 Å². The number of rotatable bonds is 4. The maximum absolute atomic E-state index is 5.71. The molecule has 4 aromatic heterocycles. The topological polar surface area (TPSA) is 70.0 Å². The first-order valence-electron chi connectivity index (χ1n) is 9.80. The predicted molar refractivity (Wildman–Crippen MR) is 128 cm³/mol. The average Bonchev–Trinajstić information content (AvgIpc) is 2.81. The molecule has 0 atom stereocenters. The Morgan fingerprint density at radius 1 is 0.515 bits per heavy atom. The fraction of sp³-hybridized carbons (Fsp3) is 0.167. The zero-order valence-electron chi connectivity index (χ0n) is 18.6. The third-order valence-corrected chi connectivity index (χ3v) is 4.27. The van der Waals surface area contributed by atoms with E-state index in [2.05, 4.69) is 19.9 Å².